The van der Waals surface area contributed by atoms with E-state index in [0.29, 0.717) is 32.3 Å². The van der Waals surface area contributed by atoms with Gasteiger partial charge in [0.2, 0.25) is 11.9 Å². The molecule has 0 saturated carbocycles. The Hall–Kier alpha value is -2.47. The summed E-state index contributed by atoms with van der Waals surface area (Å²) in [6, 6.07) is 12.1. The number of anilines is 1. The maximum atomic E-state index is 12.4. The topological polar surface area (TPSA) is 67.3 Å². The molecule has 27 heavy (non-hydrogen) atoms. The molecule has 2 heterocycles. The van der Waals surface area contributed by atoms with E-state index in [4.69, 9.17) is 4.74 Å². The number of hydrogen-bond acceptors (Lipinski definition) is 5. The molecule has 0 bridgehead atoms. The average molecular weight is 368 g/mol. The number of benzene rings is 1. The predicted octanol–water partition coefficient (Wildman–Crippen LogP) is 2.46. The van der Waals surface area contributed by atoms with Crippen LogP contribution in [0.25, 0.3) is 0 Å². The van der Waals surface area contributed by atoms with Crippen molar-refractivity contribution < 1.29 is 9.53 Å². The molecule has 0 aliphatic carbocycles. The van der Waals surface area contributed by atoms with E-state index in [1.807, 2.05) is 18.2 Å². The summed E-state index contributed by atoms with van der Waals surface area (Å²) in [4.78, 5) is 23.1. The second kappa shape index (κ2) is 10.6. The van der Waals surface area contributed by atoms with Crippen molar-refractivity contribution in [1.82, 2.24) is 15.3 Å². The fraction of sp³-hybridized carbons (Fsp3) is 0.476. The van der Waals surface area contributed by atoms with E-state index >= 15 is 0 Å². The summed E-state index contributed by atoms with van der Waals surface area (Å²) in [5, 5.41) is 3.05. The molecular formula is C21H28N4O2. The molecule has 1 aromatic carbocycles. The lowest BCUT2D eigenvalue weighted by atomic mass is 9.97. The van der Waals surface area contributed by atoms with Crippen molar-refractivity contribution in [2.75, 3.05) is 37.7 Å². The van der Waals surface area contributed by atoms with Gasteiger partial charge in [0.05, 0.1) is 12.5 Å². The quantitative estimate of drug-likeness (QED) is 0.689. The number of rotatable bonds is 9. The van der Waals surface area contributed by atoms with Gasteiger partial charge < -0.3 is 15.0 Å². The smallest absolute Gasteiger partial charge is 0.225 e. The second-order valence-electron chi connectivity index (χ2n) is 6.83. The average Bonchev–Trinajstić information content (AvgIpc) is 2.74. The van der Waals surface area contributed by atoms with Gasteiger partial charge in [0.25, 0.3) is 0 Å². The fourth-order valence-corrected chi connectivity index (χ4v) is 3.29. The molecule has 1 aliphatic heterocycles. The van der Waals surface area contributed by atoms with Crippen molar-refractivity contribution >= 4 is 11.9 Å². The number of nitrogens with zero attached hydrogens (tertiary/aromatic N) is 3. The van der Waals surface area contributed by atoms with Gasteiger partial charge >= 0.3 is 0 Å². The van der Waals surface area contributed by atoms with Gasteiger partial charge in [-0.15, -0.1) is 0 Å². The molecule has 1 N–H and O–H groups in total. The first-order valence-electron chi connectivity index (χ1n) is 9.74. The summed E-state index contributed by atoms with van der Waals surface area (Å²) in [5.41, 5.74) is 1.29. The van der Waals surface area contributed by atoms with Gasteiger partial charge in [0.1, 0.15) is 0 Å². The summed E-state index contributed by atoms with van der Waals surface area (Å²) in [7, 11) is 0. The van der Waals surface area contributed by atoms with Crippen LogP contribution < -0.4 is 10.2 Å². The second-order valence-corrected chi connectivity index (χ2v) is 6.83. The van der Waals surface area contributed by atoms with Crippen molar-refractivity contribution in [2.45, 2.75) is 25.7 Å². The van der Waals surface area contributed by atoms with Crippen LogP contribution in [0.1, 0.15) is 24.8 Å². The van der Waals surface area contributed by atoms with Crippen molar-refractivity contribution in [3.05, 3.63) is 54.4 Å². The van der Waals surface area contributed by atoms with Gasteiger partial charge in [-0.25, -0.2) is 9.97 Å². The number of amides is 1. The third-order valence-electron chi connectivity index (χ3n) is 4.77. The minimum absolute atomic E-state index is 0.00144. The molecular weight excluding hydrogens is 340 g/mol. The first kappa shape index (κ1) is 19.3. The van der Waals surface area contributed by atoms with Crippen LogP contribution in [0.2, 0.25) is 0 Å². The van der Waals surface area contributed by atoms with E-state index in [2.05, 4.69) is 32.3 Å². The lowest BCUT2D eigenvalue weighted by Gasteiger charge is -2.31. The maximum absolute atomic E-state index is 12.4. The number of ether oxygens (including phenoxy) is 1. The van der Waals surface area contributed by atoms with Gasteiger partial charge in [-0.1, -0.05) is 30.3 Å². The molecule has 144 valence electrons. The highest BCUT2D eigenvalue weighted by Gasteiger charge is 2.26. The Bertz CT molecular complexity index is 681. The summed E-state index contributed by atoms with van der Waals surface area (Å²) < 4.78 is 5.66. The maximum Gasteiger partial charge on any atom is 0.225 e. The Labute approximate surface area is 161 Å². The highest BCUT2D eigenvalue weighted by atomic mass is 16.5. The van der Waals surface area contributed by atoms with Crippen LogP contribution in [0.5, 0.6) is 0 Å². The highest BCUT2D eigenvalue weighted by molar-refractivity contribution is 5.79. The van der Waals surface area contributed by atoms with Crippen LogP contribution in [0.4, 0.5) is 5.95 Å². The minimum atomic E-state index is 0.00144. The monoisotopic (exact) mass is 368 g/mol. The Balaban J connectivity index is 1.29. The number of carbonyl (C=O) groups excluding carboxylic acids is 1. The molecule has 1 saturated heterocycles. The van der Waals surface area contributed by atoms with Gasteiger partial charge in [-0.2, -0.15) is 0 Å². The zero-order valence-corrected chi connectivity index (χ0v) is 15.7. The number of aromatic nitrogens is 2. The van der Waals surface area contributed by atoms with Crippen LogP contribution in [-0.4, -0.2) is 48.7 Å². The SMILES string of the molecule is O=C(NCCCOCCc1ccccc1)C1CCCN(c2ncccn2)C1. The van der Waals surface area contributed by atoms with Crippen LogP contribution >= 0.6 is 0 Å². The minimum Gasteiger partial charge on any atom is -0.381 e. The molecule has 1 aliphatic rings. The van der Waals surface area contributed by atoms with Gasteiger partial charge in [0.15, 0.2) is 0 Å². The van der Waals surface area contributed by atoms with Crippen molar-refractivity contribution in [1.29, 1.82) is 0 Å². The molecule has 2 aromatic rings. The van der Waals surface area contributed by atoms with Crippen LogP contribution in [0.15, 0.2) is 48.8 Å². The van der Waals surface area contributed by atoms with E-state index in [1.165, 1.54) is 5.56 Å². The first-order valence-corrected chi connectivity index (χ1v) is 9.74. The van der Waals surface area contributed by atoms with Gasteiger partial charge in [0, 0.05) is 38.6 Å². The summed E-state index contributed by atoms with van der Waals surface area (Å²) in [6.45, 7) is 3.63. The zero-order valence-electron chi connectivity index (χ0n) is 15.7. The summed E-state index contributed by atoms with van der Waals surface area (Å²) >= 11 is 0. The molecule has 1 amide bonds. The van der Waals surface area contributed by atoms with Crippen molar-refractivity contribution in [3.8, 4) is 0 Å². The van der Waals surface area contributed by atoms with E-state index < -0.39 is 0 Å². The van der Waals surface area contributed by atoms with E-state index in [1.54, 1.807) is 18.5 Å². The summed E-state index contributed by atoms with van der Waals surface area (Å²) in [6.07, 6.45) is 7.14. The Kier molecular flexibility index (Phi) is 7.59. The lowest BCUT2D eigenvalue weighted by Crippen LogP contribution is -2.44. The molecule has 1 unspecified atom stereocenters. The standard InChI is InChI=1S/C21H28N4O2/c26-20(19-9-4-14-25(17-19)21-23-11-5-12-24-21)22-13-6-15-27-16-10-18-7-2-1-3-8-18/h1-3,5,7-8,11-12,19H,4,6,9-10,13-17H2,(H,22,26). The van der Waals surface area contributed by atoms with Crippen molar-refractivity contribution in [3.63, 3.8) is 0 Å². The molecule has 3 rings (SSSR count). The van der Waals surface area contributed by atoms with Crippen molar-refractivity contribution in [2.24, 2.45) is 5.92 Å². The number of carbonyl (C=O) groups is 1. The Morgan fingerprint density at radius 3 is 2.78 bits per heavy atom. The first-order chi connectivity index (χ1) is 13.3. The van der Waals surface area contributed by atoms with E-state index in [-0.39, 0.29) is 11.8 Å². The normalized spacial score (nSPS) is 16.9. The predicted molar refractivity (Wildman–Crippen MR) is 106 cm³/mol. The largest absolute Gasteiger partial charge is 0.381 e. The Morgan fingerprint density at radius 2 is 1.96 bits per heavy atom. The Morgan fingerprint density at radius 1 is 1.15 bits per heavy atom. The molecule has 0 spiro atoms. The van der Waals surface area contributed by atoms with Crippen LogP contribution in [-0.2, 0) is 16.0 Å². The van der Waals surface area contributed by atoms with Crippen LogP contribution in [0.3, 0.4) is 0 Å². The van der Waals surface area contributed by atoms with Crippen LogP contribution in [0, 0.1) is 5.92 Å². The summed E-state index contributed by atoms with van der Waals surface area (Å²) in [5.74, 6) is 0.836. The molecule has 1 atom stereocenters. The molecule has 1 fully saturated rings. The molecule has 6 heteroatoms. The molecule has 6 nitrogen and oxygen atoms in total. The van der Waals surface area contributed by atoms with Gasteiger partial charge in [-0.05, 0) is 37.3 Å². The molecule has 1 aromatic heterocycles. The number of piperidine rings is 1. The lowest BCUT2D eigenvalue weighted by molar-refractivity contribution is -0.125. The highest BCUT2D eigenvalue weighted by Crippen LogP contribution is 2.20. The van der Waals surface area contributed by atoms with E-state index in [9.17, 15) is 4.79 Å². The molecule has 0 radical (unpaired) electrons. The zero-order chi connectivity index (χ0) is 18.7. The number of hydrogen-bond donors (Lipinski definition) is 1. The fourth-order valence-electron chi connectivity index (χ4n) is 3.29. The third kappa shape index (κ3) is 6.32. The van der Waals surface area contributed by atoms with Gasteiger partial charge in [-0.3, -0.25) is 4.79 Å². The number of nitrogens with one attached hydrogen (secondary N) is 1. The van der Waals surface area contributed by atoms with E-state index in [0.717, 1.165) is 32.2 Å². The third-order valence-corrected chi connectivity index (χ3v) is 4.77.